The number of hydrogen-bond acceptors (Lipinski definition) is 2. The van der Waals surface area contributed by atoms with Crippen LogP contribution in [0, 0.1) is 0 Å². The Labute approximate surface area is 94.4 Å². The second-order valence-corrected chi connectivity index (χ2v) is 4.44. The van der Waals surface area contributed by atoms with Crippen molar-refractivity contribution in [1.29, 1.82) is 0 Å². The van der Waals surface area contributed by atoms with Gasteiger partial charge in [0.2, 0.25) is 0 Å². The van der Waals surface area contributed by atoms with E-state index in [0.717, 1.165) is 31.6 Å². The number of amides is 2. The zero-order valence-electron chi connectivity index (χ0n) is 9.07. The van der Waals surface area contributed by atoms with Gasteiger partial charge in [0, 0.05) is 18.8 Å². The molecule has 0 saturated carbocycles. The molecule has 2 aliphatic rings. The fourth-order valence-corrected chi connectivity index (χ4v) is 2.72. The van der Waals surface area contributed by atoms with E-state index in [0.29, 0.717) is 0 Å². The van der Waals surface area contributed by atoms with Gasteiger partial charge in [-0.1, -0.05) is 6.07 Å². The van der Waals surface area contributed by atoms with E-state index >= 15 is 0 Å². The molecule has 0 spiro atoms. The van der Waals surface area contributed by atoms with E-state index in [-0.39, 0.29) is 12.1 Å². The van der Waals surface area contributed by atoms with Crippen molar-refractivity contribution < 1.29 is 4.79 Å². The number of rotatable bonds is 1. The van der Waals surface area contributed by atoms with Crippen LogP contribution in [0.25, 0.3) is 0 Å². The molecule has 1 aromatic carbocycles. The molecule has 16 heavy (non-hydrogen) atoms. The van der Waals surface area contributed by atoms with Gasteiger partial charge in [0.05, 0.1) is 6.04 Å². The van der Waals surface area contributed by atoms with Crippen molar-refractivity contribution in [2.75, 3.05) is 18.8 Å². The molecule has 1 atom stereocenters. The zero-order chi connectivity index (χ0) is 11.1. The van der Waals surface area contributed by atoms with E-state index in [1.54, 1.807) is 0 Å². The predicted octanol–water partition coefficient (Wildman–Crippen LogP) is 1.28. The van der Waals surface area contributed by atoms with Gasteiger partial charge in [0.15, 0.2) is 0 Å². The smallest absolute Gasteiger partial charge is 0.318 e. The lowest BCUT2D eigenvalue weighted by molar-refractivity contribution is 0.198. The number of nitrogen functional groups attached to an aromatic ring is 1. The Bertz CT molecular complexity index is 444. The molecule has 84 valence electrons. The number of benzene rings is 1. The lowest BCUT2D eigenvalue weighted by Crippen LogP contribution is -2.31. The number of nitrogens with two attached hydrogens (primary N) is 1. The van der Waals surface area contributed by atoms with Crippen LogP contribution in [0.15, 0.2) is 18.2 Å². The quantitative estimate of drug-likeness (QED) is 0.696. The summed E-state index contributed by atoms with van der Waals surface area (Å²) in [5.41, 5.74) is 9.14. The first kappa shape index (κ1) is 9.51. The Morgan fingerprint density at radius 1 is 1.44 bits per heavy atom. The van der Waals surface area contributed by atoms with Gasteiger partial charge in [0.25, 0.3) is 0 Å². The molecule has 3 rings (SSSR count). The van der Waals surface area contributed by atoms with Gasteiger partial charge in [-0.3, -0.25) is 0 Å². The number of hydrogen-bond donors (Lipinski definition) is 2. The third-order valence-corrected chi connectivity index (χ3v) is 3.48. The Kier molecular flexibility index (Phi) is 2.02. The average Bonchev–Trinajstić information content (AvgIpc) is 2.83. The predicted molar refractivity (Wildman–Crippen MR) is 62.0 cm³/mol. The molecule has 3 N–H and O–H groups in total. The van der Waals surface area contributed by atoms with Crippen molar-refractivity contribution in [2.24, 2.45) is 0 Å². The lowest BCUT2D eigenvalue weighted by Gasteiger charge is -2.23. The standard InChI is InChI=1S/C12H15N3O/c13-9-2-3-10-8(7-9)1-4-11(10)15-6-5-14-12(15)16/h2-3,7,11H,1,4-6,13H2,(H,14,16). The van der Waals surface area contributed by atoms with Crippen molar-refractivity contribution >= 4 is 11.7 Å². The summed E-state index contributed by atoms with van der Waals surface area (Å²) >= 11 is 0. The monoisotopic (exact) mass is 217 g/mol. The fourth-order valence-electron chi connectivity index (χ4n) is 2.72. The summed E-state index contributed by atoms with van der Waals surface area (Å²) in [6.07, 6.45) is 2.04. The average molecular weight is 217 g/mol. The highest BCUT2D eigenvalue weighted by atomic mass is 16.2. The van der Waals surface area contributed by atoms with Gasteiger partial charge < -0.3 is 16.0 Å². The Morgan fingerprint density at radius 2 is 2.31 bits per heavy atom. The Hall–Kier alpha value is -1.71. The molecule has 1 aliphatic heterocycles. The molecule has 1 aliphatic carbocycles. The molecule has 1 saturated heterocycles. The van der Waals surface area contributed by atoms with Gasteiger partial charge in [-0.15, -0.1) is 0 Å². The third-order valence-electron chi connectivity index (χ3n) is 3.48. The second-order valence-electron chi connectivity index (χ2n) is 4.44. The van der Waals surface area contributed by atoms with E-state index in [1.807, 2.05) is 17.0 Å². The highest BCUT2D eigenvalue weighted by Gasteiger charge is 2.33. The minimum atomic E-state index is 0.0645. The highest BCUT2D eigenvalue weighted by molar-refractivity contribution is 5.77. The molecule has 0 bridgehead atoms. The summed E-state index contributed by atoms with van der Waals surface area (Å²) in [4.78, 5) is 13.6. The van der Waals surface area contributed by atoms with Gasteiger partial charge in [-0.2, -0.15) is 0 Å². The molecule has 0 aromatic heterocycles. The number of nitrogens with zero attached hydrogens (tertiary/aromatic N) is 1. The zero-order valence-corrected chi connectivity index (χ0v) is 9.07. The van der Waals surface area contributed by atoms with Gasteiger partial charge >= 0.3 is 6.03 Å². The van der Waals surface area contributed by atoms with Crippen LogP contribution >= 0.6 is 0 Å². The molecule has 2 amide bonds. The number of nitrogens with one attached hydrogen (secondary N) is 1. The number of carbonyl (C=O) groups is 1. The highest BCUT2D eigenvalue weighted by Crippen LogP contribution is 2.37. The van der Waals surface area contributed by atoms with Crippen LogP contribution in [0.2, 0.25) is 0 Å². The minimum Gasteiger partial charge on any atom is -0.399 e. The van der Waals surface area contributed by atoms with Crippen LogP contribution in [-0.2, 0) is 6.42 Å². The van der Waals surface area contributed by atoms with Crippen LogP contribution < -0.4 is 11.1 Å². The largest absolute Gasteiger partial charge is 0.399 e. The molecular formula is C12H15N3O. The molecule has 1 fully saturated rings. The molecule has 1 heterocycles. The topological polar surface area (TPSA) is 58.4 Å². The third kappa shape index (κ3) is 1.33. The van der Waals surface area contributed by atoms with Gasteiger partial charge in [-0.05, 0) is 36.1 Å². The first-order valence-electron chi connectivity index (χ1n) is 5.68. The van der Waals surface area contributed by atoms with E-state index in [2.05, 4.69) is 11.4 Å². The van der Waals surface area contributed by atoms with Crippen LogP contribution in [0.3, 0.4) is 0 Å². The number of urea groups is 1. The summed E-state index contributed by atoms with van der Waals surface area (Å²) in [5, 5.41) is 2.85. The fraction of sp³-hybridized carbons (Fsp3) is 0.417. The van der Waals surface area contributed by atoms with Crippen molar-refractivity contribution in [1.82, 2.24) is 10.2 Å². The second kappa shape index (κ2) is 3.40. The number of anilines is 1. The molecule has 4 heteroatoms. The maximum absolute atomic E-state index is 11.6. The van der Waals surface area contributed by atoms with Crippen LogP contribution in [0.1, 0.15) is 23.6 Å². The van der Waals surface area contributed by atoms with Gasteiger partial charge in [-0.25, -0.2) is 4.79 Å². The van der Waals surface area contributed by atoms with Gasteiger partial charge in [0.1, 0.15) is 0 Å². The maximum atomic E-state index is 11.6. The molecule has 4 nitrogen and oxygen atoms in total. The van der Waals surface area contributed by atoms with Crippen molar-refractivity contribution in [3.05, 3.63) is 29.3 Å². The van der Waals surface area contributed by atoms with E-state index in [9.17, 15) is 4.79 Å². The Balaban J connectivity index is 1.94. The molecular weight excluding hydrogens is 202 g/mol. The SMILES string of the molecule is Nc1ccc2c(c1)CCC2N1CCNC1=O. The number of carbonyl (C=O) groups excluding carboxylic acids is 1. The van der Waals surface area contributed by atoms with Crippen LogP contribution in [0.4, 0.5) is 10.5 Å². The first-order chi connectivity index (χ1) is 7.75. The normalized spacial score (nSPS) is 23.4. The van der Waals surface area contributed by atoms with E-state index in [1.165, 1.54) is 11.1 Å². The number of aryl methyl sites for hydroxylation is 1. The first-order valence-corrected chi connectivity index (χ1v) is 5.68. The number of fused-ring (bicyclic) bond motifs is 1. The maximum Gasteiger partial charge on any atom is 0.318 e. The van der Waals surface area contributed by atoms with Crippen molar-refractivity contribution in [2.45, 2.75) is 18.9 Å². The van der Waals surface area contributed by atoms with Crippen molar-refractivity contribution in [3.8, 4) is 0 Å². The van der Waals surface area contributed by atoms with Crippen LogP contribution in [0.5, 0.6) is 0 Å². The van der Waals surface area contributed by atoms with Crippen molar-refractivity contribution in [3.63, 3.8) is 0 Å². The summed E-state index contributed by atoms with van der Waals surface area (Å²) in [7, 11) is 0. The summed E-state index contributed by atoms with van der Waals surface area (Å²) in [5.74, 6) is 0. The molecule has 1 unspecified atom stereocenters. The summed E-state index contributed by atoms with van der Waals surface area (Å²) < 4.78 is 0. The molecule has 1 aromatic rings. The molecule has 0 radical (unpaired) electrons. The van der Waals surface area contributed by atoms with E-state index < -0.39 is 0 Å². The van der Waals surface area contributed by atoms with Crippen LogP contribution in [-0.4, -0.2) is 24.0 Å². The summed E-state index contributed by atoms with van der Waals surface area (Å²) in [6.45, 7) is 1.58. The summed E-state index contributed by atoms with van der Waals surface area (Å²) in [6, 6.07) is 6.33. The lowest BCUT2D eigenvalue weighted by atomic mass is 10.1. The Morgan fingerprint density at radius 3 is 3.06 bits per heavy atom. The van der Waals surface area contributed by atoms with E-state index in [4.69, 9.17) is 5.73 Å². The minimum absolute atomic E-state index is 0.0645.